The van der Waals surface area contributed by atoms with E-state index in [4.69, 9.17) is 4.74 Å². The number of nitrogens with one attached hydrogen (secondary N) is 1. The highest BCUT2D eigenvalue weighted by atomic mass is 32.2. The molecule has 0 radical (unpaired) electrons. The van der Waals surface area contributed by atoms with Crippen LogP contribution in [0, 0.1) is 0 Å². The molecule has 1 aliphatic heterocycles. The average Bonchev–Trinajstić information content (AvgIpc) is 2.88. The maximum absolute atomic E-state index is 12.2. The van der Waals surface area contributed by atoms with Crippen molar-refractivity contribution >= 4 is 41.0 Å². The van der Waals surface area contributed by atoms with Crippen LogP contribution in [0.2, 0.25) is 0 Å². The van der Waals surface area contributed by atoms with Crippen LogP contribution in [0.3, 0.4) is 0 Å². The van der Waals surface area contributed by atoms with Crippen molar-refractivity contribution in [1.29, 1.82) is 0 Å². The minimum atomic E-state index is -0.551. The van der Waals surface area contributed by atoms with E-state index in [-0.39, 0.29) is 30.6 Å². The van der Waals surface area contributed by atoms with Crippen molar-refractivity contribution in [2.45, 2.75) is 13.8 Å². The van der Waals surface area contributed by atoms with Gasteiger partial charge in [0, 0.05) is 11.3 Å². The molecule has 1 saturated heterocycles. The monoisotopic (exact) mass is 362 g/mol. The highest BCUT2D eigenvalue weighted by molar-refractivity contribution is 8.04. The second-order valence-electron chi connectivity index (χ2n) is 5.18. The number of amides is 2. The SMILES string of the molecule is CCOC(=O)/C=C1\SCC(=O)N1CC(=O)Nc1ccc(C(C)=O)cc1. The molecule has 0 atom stereocenters. The normalized spacial score (nSPS) is 15.4. The maximum Gasteiger partial charge on any atom is 0.333 e. The summed E-state index contributed by atoms with van der Waals surface area (Å²) in [5.74, 6) is -1.09. The number of benzene rings is 1. The Hall–Kier alpha value is -2.61. The summed E-state index contributed by atoms with van der Waals surface area (Å²) in [6.07, 6.45) is 1.22. The molecule has 2 rings (SSSR count). The van der Waals surface area contributed by atoms with Crippen molar-refractivity contribution in [2.24, 2.45) is 0 Å². The number of rotatable bonds is 6. The van der Waals surface area contributed by atoms with E-state index in [9.17, 15) is 19.2 Å². The quantitative estimate of drug-likeness (QED) is 0.471. The van der Waals surface area contributed by atoms with Crippen LogP contribution in [0.4, 0.5) is 5.69 Å². The van der Waals surface area contributed by atoms with E-state index in [1.165, 1.54) is 29.7 Å². The lowest BCUT2D eigenvalue weighted by Gasteiger charge is -2.16. The van der Waals surface area contributed by atoms with Gasteiger partial charge in [0.1, 0.15) is 6.54 Å². The molecular weight excluding hydrogens is 344 g/mol. The Labute approximate surface area is 149 Å². The molecule has 8 heteroatoms. The van der Waals surface area contributed by atoms with Gasteiger partial charge in [0.05, 0.1) is 23.5 Å². The van der Waals surface area contributed by atoms with Gasteiger partial charge in [0.25, 0.3) is 0 Å². The number of thioether (sulfide) groups is 1. The van der Waals surface area contributed by atoms with Gasteiger partial charge in [-0.2, -0.15) is 0 Å². The molecule has 1 aromatic rings. The molecule has 1 N–H and O–H groups in total. The number of ketones is 1. The highest BCUT2D eigenvalue weighted by Gasteiger charge is 2.29. The zero-order valence-electron chi connectivity index (χ0n) is 13.9. The van der Waals surface area contributed by atoms with E-state index in [0.29, 0.717) is 16.3 Å². The molecule has 0 unspecified atom stereocenters. The van der Waals surface area contributed by atoms with E-state index in [1.807, 2.05) is 0 Å². The molecule has 1 heterocycles. The molecule has 2 amide bonds. The third-order valence-electron chi connectivity index (χ3n) is 3.32. The van der Waals surface area contributed by atoms with Crippen LogP contribution in [0.5, 0.6) is 0 Å². The molecule has 132 valence electrons. The number of esters is 1. The third-order valence-corrected chi connectivity index (χ3v) is 4.34. The van der Waals surface area contributed by atoms with Gasteiger partial charge in [-0.3, -0.25) is 19.3 Å². The molecule has 0 aromatic heterocycles. The Balaban J connectivity index is 2.01. The molecule has 1 aromatic carbocycles. The summed E-state index contributed by atoms with van der Waals surface area (Å²) in [6, 6.07) is 6.46. The zero-order valence-corrected chi connectivity index (χ0v) is 14.7. The minimum Gasteiger partial charge on any atom is -0.463 e. The van der Waals surface area contributed by atoms with E-state index >= 15 is 0 Å². The Morgan fingerprint density at radius 3 is 2.56 bits per heavy atom. The zero-order chi connectivity index (χ0) is 18.4. The first-order valence-corrected chi connectivity index (χ1v) is 8.61. The lowest BCUT2D eigenvalue weighted by atomic mass is 10.1. The predicted octanol–water partition coefficient (Wildman–Crippen LogP) is 1.81. The van der Waals surface area contributed by atoms with Crippen LogP contribution in [0.1, 0.15) is 24.2 Å². The summed E-state index contributed by atoms with van der Waals surface area (Å²) in [6.45, 7) is 3.18. The summed E-state index contributed by atoms with van der Waals surface area (Å²) < 4.78 is 4.82. The molecule has 1 aliphatic rings. The molecule has 25 heavy (non-hydrogen) atoms. The number of anilines is 1. The lowest BCUT2D eigenvalue weighted by Crippen LogP contribution is -2.34. The Morgan fingerprint density at radius 1 is 1.28 bits per heavy atom. The highest BCUT2D eigenvalue weighted by Crippen LogP contribution is 2.28. The van der Waals surface area contributed by atoms with Crippen LogP contribution >= 0.6 is 11.8 Å². The van der Waals surface area contributed by atoms with Crippen molar-refractivity contribution in [3.05, 3.63) is 40.9 Å². The molecule has 0 spiro atoms. The van der Waals surface area contributed by atoms with E-state index < -0.39 is 11.9 Å². The number of hydrogen-bond acceptors (Lipinski definition) is 6. The van der Waals surface area contributed by atoms with Crippen molar-refractivity contribution in [3.8, 4) is 0 Å². The molecule has 0 aliphatic carbocycles. The smallest absolute Gasteiger partial charge is 0.333 e. The summed E-state index contributed by atoms with van der Waals surface area (Å²) in [5.41, 5.74) is 1.06. The van der Waals surface area contributed by atoms with E-state index in [1.54, 1.807) is 31.2 Å². The summed E-state index contributed by atoms with van der Waals surface area (Å²) in [7, 11) is 0. The van der Waals surface area contributed by atoms with Crippen LogP contribution in [0.15, 0.2) is 35.4 Å². The molecule has 0 bridgehead atoms. The number of hydrogen-bond donors (Lipinski definition) is 1. The van der Waals surface area contributed by atoms with Crippen molar-refractivity contribution in [1.82, 2.24) is 4.90 Å². The van der Waals surface area contributed by atoms with Gasteiger partial charge in [-0.25, -0.2) is 4.79 Å². The predicted molar refractivity (Wildman–Crippen MR) is 94.0 cm³/mol. The fourth-order valence-corrected chi connectivity index (χ4v) is 3.05. The van der Waals surface area contributed by atoms with Gasteiger partial charge >= 0.3 is 5.97 Å². The number of Topliss-reactive ketones (excluding diaryl/α,β-unsaturated/α-hetero) is 1. The molecule has 1 fully saturated rings. The topological polar surface area (TPSA) is 92.8 Å². The number of nitrogens with zero attached hydrogens (tertiary/aromatic N) is 1. The van der Waals surface area contributed by atoms with Gasteiger partial charge in [0.15, 0.2) is 5.78 Å². The lowest BCUT2D eigenvalue weighted by molar-refractivity contribution is -0.137. The first-order valence-electron chi connectivity index (χ1n) is 7.63. The summed E-state index contributed by atoms with van der Waals surface area (Å²) >= 11 is 1.19. The summed E-state index contributed by atoms with van der Waals surface area (Å²) in [4.78, 5) is 48.1. The second kappa shape index (κ2) is 8.48. The number of carbonyl (C=O) groups excluding carboxylic acids is 4. The average molecular weight is 362 g/mol. The van der Waals surface area contributed by atoms with Crippen LogP contribution in [-0.2, 0) is 19.1 Å². The van der Waals surface area contributed by atoms with Gasteiger partial charge in [-0.15, -0.1) is 0 Å². The number of ether oxygens (including phenoxy) is 1. The Bertz CT molecular complexity index is 727. The Kier molecular flexibility index (Phi) is 6.35. The fourth-order valence-electron chi connectivity index (χ4n) is 2.12. The first-order chi connectivity index (χ1) is 11.9. The first kappa shape index (κ1) is 18.7. The van der Waals surface area contributed by atoms with Crippen molar-refractivity contribution in [3.63, 3.8) is 0 Å². The van der Waals surface area contributed by atoms with Crippen molar-refractivity contribution < 1.29 is 23.9 Å². The Morgan fingerprint density at radius 2 is 1.96 bits per heavy atom. The fraction of sp³-hybridized carbons (Fsp3) is 0.294. The minimum absolute atomic E-state index is 0.0636. The van der Waals surface area contributed by atoms with Gasteiger partial charge in [-0.05, 0) is 38.1 Å². The molecular formula is C17H18N2O5S. The summed E-state index contributed by atoms with van der Waals surface area (Å²) in [5, 5.41) is 3.05. The van der Waals surface area contributed by atoms with E-state index in [0.717, 1.165) is 0 Å². The van der Waals surface area contributed by atoms with Gasteiger partial charge in [0.2, 0.25) is 11.8 Å². The van der Waals surface area contributed by atoms with Gasteiger partial charge in [-0.1, -0.05) is 11.8 Å². The van der Waals surface area contributed by atoms with Gasteiger partial charge < -0.3 is 10.1 Å². The maximum atomic E-state index is 12.2. The standard InChI is InChI=1S/C17H18N2O5S/c1-3-24-17(23)8-16-19(15(22)10-25-16)9-14(21)18-13-6-4-12(5-7-13)11(2)20/h4-8H,3,9-10H2,1-2H3,(H,18,21)/b16-8-. The van der Waals surface area contributed by atoms with Crippen molar-refractivity contribution in [2.75, 3.05) is 24.2 Å². The third kappa shape index (κ3) is 5.18. The van der Waals surface area contributed by atoms with E-state index in [2.05, 4.69) is 5.32 Å². The second-order valence-corrected chi connectivity index (χ2v) is 6.18. The van der Waals surface area contributed by atoms with Crippen LogP contribution in [-0.4, -0.2) is 47.4 Å². The molecule has 7 nitrogen and oxygen atoms in total. The molecule has 0 saturated carbocycles. The largest absolute Gasteiger partial charge is 0.463 e. The number of carbonyl (C=O) groups is 4. The van der Waals surface area contributed by atoms with Crippen LogP contribution in [0.25, 0.3) is 0 Å². The van der Waals surface area contributed by atoms with Crippen LogP contribution < -0.4 is 5.32 Å².